The maximum Gasteiger partial charge on any atom is 0.306 e. The van der Waals surface area contributed by atoms with Crippen LogP contribution < -0.4 is 5.73 Å². The molecule has 0 aliphatic carbocycles. The molecule has 6 heteroatoms. The van der Waals surface area contributed by atoms with E-state index in [1.54, 1.807) is 6.92 Å². The Labute approximate surface area is 161 Å². The van der Waals surface area contributed by atoms with E-state index in [9.17, 15) is 14.7 Å². The lowest BCUT2D eigenvalue weighted by atomic mass is 9.80. The van der Waals surface area contributed by atoms with Crippen molar-refractivity contribution in [3.8, 4) is 0 Å². The monoisotopic (exact) mass is 376 g/mol. The first-order chi connectivity index (χ1) is 12.6. The van der Waals surface area contributed by atoms with Crippen LogP contribution in [0.5, 0.6) is 0 Å². The SMILES string of the molecule is C[C@H](C[C@H](O)[C@@H](N)CC(C)(C)CC(=O)N1CCc2ccccc2C1)C(=O)O. The molecule has 0 bridgehead atoms. The Hall–Kier alpha value is -1.92. The van der Waals surface area contributed by atoms with E-state index in [0.717, 1.165) is 13.0 Å². The van der Waals surface area contributed by atoms with E-state index in [1.165, 1.54) is 11.1 Å². The Morgan fingerprint density at radius 2 is 1.89 bits per heavy atom. The molecule has 0 radical (unpaired) electrons. The molecule has 2 rings (SSSR count). The van der Waals surface area contributed by atoms with Crippen molar-refractivity contribution >= 4 is 11.9 Å². The Balaban J connectivity index is 1.89. The zero-order valence-electron chi connectivity index (χ0n) is 16.5. The summed E-state index contributed by atoms with van der Waals surface area (Å²) in [5, 5.41) is 19.2. The first kappa shape index (κ1) is 21.4. The molecule has 3 atom stereocenters. The van der Waals surface area contributed by atoms with Crippen molar-refractivity contribution in [2.75, 3.05) is 6.54 Å². The Bertz CT molecular complexity index is 674. The van der Waals surface area contributed by atoms with Crippen molar-refractivity contribution < 1.29 is 19.8 Å². The van der Waals surface area contributed by atoms with Gasteiger partial charge in [0.05, 0.1) is 12.0 Å². The first-order valence-electron chi connectivity index (χ1n) is 9.60. The molecule has 1 amide bonds. The fourth-order valence-electron chi connectivity index (χ4n) is 3.71. The zero-order chi connectivity index (χ0) is 20.2. The van der Waals surface area contributed by atoms with Crippen molar-refractivity contribution in [3.63, 3.8) is 0 Å². The number of carboxylic acid groups (broad SMARTS) is 1. The molecule has 4 N–H and O–H groups in total. The average molecular weight is 376 g/mol. The Kier molecular flexibility index (Phi) is 7.00. The van der Waals surface area contributed by atoms with Crippen molar-refractivity contribution in [1.82, 2.24) is 4.90 Å². The number of nitrogens with two attached hydrogens (primary N) is 1. The Morgan fingerprint density at radius 3 is 2.52 bits per heavy atom. The van der Waals surface area contributed by atoms with Crippen LogP contribution in [0.2, 0.25) is 0 Å². The number of nitrogens with zero attached hydrogens (tertiary/aromatic N) is 1. The van der Waals surface area contributed by atoms with Gasteiger partial charge in [-0.05, 0) is 35.8 Å². The molecule has 150 valence electrons. The third kappa shape index (κ3) is 6.04. The topological polar surface area (TPSA) is 104 Å². The molecule has 0 saturated carbocycles. The highest BCUT2D eigenvalue weighted by atomic mass is 16.4. The zero-order valence-corrected chi connectivity index (χ0v) is 16.5. The Morgan fingerprint density at radius 1 is 1.26 bits per heavy atom. The minimum Gasteiger partial charge on any atom is -0.481 e. The van der Waals surface area contributed by atoms with Gasteiger partial charge >= 0.3 is 5.97 Å². The number of carboxylic acids is 1. The van der Waals surface area contributed by atoms with Gasteiger partial charge in [0.1, 0.15) is 0 Å². The summed E-state index contributed by atoms with van der Waals surface area (Å²) < 4.78 is 0. The molecule has 0 spiro atoms. The number of rotatable bonds is 8. The van der Waals surface area contributed by atoms with Gasteiger partial charge in [0.2, 0.25) is 5.91 Å². The van der Waals surface area contributed by atoms with Crippen LogP contribution in [-0.2, 0) is 22.6 Å². The van der Waals surface area contributed by atoms with E-state index < -0.39 is 24.0 Å². The van der Waals surface area contributed by atoms with Gasteiger partial charge in [-0.25, -0.2) is 0 Å². The van der Waals surface area contributed by atoms with Crippen molar-refractivity contribution in [3.05, 3.63) is 35.4 Å². The molecule has 1 aliphatic rings. The number of hydrogen-bond acceptors (Lipinski definition) is 4. The predicted molar refractivity (Wildman–Crippen MR) is 104 cm³/mol. The van der Waals surface area contributed by atoms with E-state index in [2.05, 4.69) is 12.1 Å². The second kappa shape index (κ2) is 8.85. The molecule has 1 aromatic rings. The number of aliphatic carboxylic acids is 1. The van der Waals surface area contributed by atoms with Crippen LogP contribution >= 0.6 is 0 Å². The lowest BCUT2D eigenvalue weighted by molar-refractivity contribution is -0.142. The molecule has 0 saturated heterocycles. The highest BCUT2D eigenvalue weighted by Gasteiger charge is 2.31. The van der Waals surface area contributed by atoms with Gasteiger partial charge in [-0.2, -0.15) is 0 Å². The van der Waals surface area contributed by atoms with E-state index in [-0.39, 0.29) is 17.7 Å². The van der Waals surface area contributed by atoms with E-state index in [0.29, 0.717) is 19.4 Å². The fraction of sp³-hybridized carbons (Fsp3) is 0.619. The normalized spacial score (nSPS) is 17.7. The van der Waals surface area contributed by atoms with Crippen LogP contribution in [0.3, 0.4) is 0 Å². The summed E-state index contributed by atoms with van der Waals surface area (Å²) >= 11 is 0. The maximum absolute atomic E-state index is 12.8. The minimum atomic E-state index is -0.943. The lowest BCUT2D eigenvalue weighted by Gasteiger charge is -2.34. The van der Waals surface area contributed by atoms with Crippen LogP contribution in [0.1, 0.15) is 51.2 Å². The lowest BCUT2D eigenvalue weighted by Crippen LogP contribution is -2.42. The summed E-state index contributed by atoms with van der Waals surface area (Å²) in [6.45, 7) is 6.85. The molecule has 6 nitrogen and oxygen atoms in total. The number of carbonyl (C=O) groups is 2. The van der Waals surface area contributed by atoms with Crippen LogP contribution in [0, 0.1) is 11.3 Å². The summed E-state index contributed by atoms with van der Waals surface area (Å²) in [6.07, 6.45) is 0.894. The van der Waals surface area contributed by atoms with E-state index in [4.69, 9.17) is 10.8 Å². The number of aliphatic hydroxyl groups is 1. The number of aliphatic hydroxyl groups excluding tert-OH is 1. The third-order valence-corrected chi connectivity index (χ3v) is 5.41. The summed E-state index contributed by atoms with van der Waals surface area (Å²) in [5.74, 6) is -1.50. The average Bonchev–Trinajstić information content (AvgIpc) is 2.60. The van der Waals surface area contributed by atoms with Gasteiger partial charge < -0.3 is 20.8 Å². The quantitative estimate of drug-likeness (QED) is 0.645. The number of carbonyl (C=O) groups excluding carboxylic acids is 1. The van der Waals surface area contributed by atoms with E-state index >= 15 is 0 Å². The van der Waals surface area contributed by atoms with Gasteiger partial charge in [-0.15, -0.1) is 0 Å². The molecular weight excluding hydrogens is 344 g/mol. The van der Waals surface area contributed by atoms with Crippen molar-refractivity contribution in [1.29, 1.82) is 0 Å². The molecule has 0 unspecified atom stereocenters. The van der Waals surface area contributed by atoms with Gasteiger partial charge in [-0.1, -0.05) is 45.0 Å². The molecule has 1 aromatic carbocycles. The predicted octanol–water partition coefficient (Wildman–Crippen LogP) is 2.18. The molecule has 27 heavy (non-hydrogen) atoms. The summed E-state index contributed by atoms with van der Waals surface area (Å²) in [5.41, 5.74) is 8.23. The smallest absolute Gasteiger partial charge is 0.306 e. The van der Waals surface area contributed by atoms with Crippen LogP contribution in [0.25, 0.3) is 0 Å². The number of hydrogen-bond donors (Lipinski definition) is 3. The fourth-order valence-corrected chi connectivity index (χ4v) is 3.71. The first-order valence-corrected chi connectivity index (χ1v) is 9.60. The van der Waals surface area contributed by atoms with Gasteiger partial charge in [0.25, 0.3) is 0 Å². The molecule has 1 aliphatic heterocycles. The van der Waals surface area contributed by atoms with Gasteiger partial charge in [-0.3, -0.25) is 9.59 Å². The summed E-state index contributed by atoms with van der Waals surface area (Å²) in [4.78, 5) is 25.6. The van der Waals surface area contributed by atoms with Gasteiger partial charge in [0.15, 0.2) is 0 Å². The molecule has 1 heterocycles. The molecule has 0 aromatic heterocycles. The minimum absolute atomic E-state index is 0.0927. The maximum atomic E-state index is 12.8. The van der Waals surface area contributed by atoms with E-state index in [1.807, 2.05) is 30.9 Å². The van der Waals surface area contributed by atoms with Gasteiger partial charge in [0, 0.05) is 25.6 Å². The number of fused-ring (bicyclic) bond motifs is 1. The molecular formula is C21H32N2O4. The van der Waals surface area contributed by atoms with Crippen LogP contribution in [0.15, 0.2) is 24.3 Å². The second-order valence-electron chi connectivity index (χ2n) is 8.59. The second-order valence-corrected chi connectivity index (χ2v) is 8.59. The van der Waals surface area contributed by atoms with Crippen LogP contribution in [-0.4, -0.2) is 45.7 Å². The number of amides is 1. The standard InChI is InChI=1S/C21H32N2O4/c1-14(20(26)27)10-18(24)17(22)11-21(2,3)12-19(25)23-9-8-15-6-4-5-7-16(15)13-23/h4-7,14,17-18,24H,8-13,22H2,1-3H3,(H,26,27)/t14-,17+,18+/m1/s1. The highest BCUT2D eigenvalue weighted by Crippen LogP contribution is 2.30. The highest BCUT2D eigenvalue weighted by molar-refractivity contribution is 5.77. The van der Waals surface area contributed by atoms with Crippen LogP contribution in [0.4, 0.5) is 0 Å². The molecule has 0 fully saturated rings. The summed E-state index contributed by atoms with van der Waals surface area (Å²) in [6, 6.07) is 7.64. The summed E-state index contributed by atoms with van der Waals surface area (Å²) in [7, 11) is 0. The number of benzene rings is 1. The largest absolute Gasteiger partial charge is 0.481 e. The third-order valence-electron chi connectivity index (χ3n) is 5.41. The van der Waals surface area contributed by atoms with Crippen molar-refractivity contribution in [2.24, 2.45) is 17.1 Å². The van der Waals surface area contributed by atoms with Crippen molar-refractivity contribution in [2.45, 2.75) is 65.1 Å².